The average molecular weight is 401 g/mol. The molecule has 2 N–H and O–H groups in total. The summed E-state index contributed by atoms with van der Waals surface area (Å²) in [5.41, 5.74) is 2.42. The number of nitrogens with one attached hydrogen (secondary N) is 2. The maximum absolute atomic E-state index is 13.2. The normalized spacial score (nSPS) is 13.9. The van der Waals surface area contributed by atoms with Gasteiger partial charge in [-0.05, 0) is 42.2 Å². The van der Waals surface area contributed by atoms with Gasteiger partial charge in [0.05, 0.1) is 12.5 Å². The summed E-state index contributed by atoms with van der Waals surface area (Å²) in [6, 6.07) is 19.7. The number of carbonyl (C=O) groups is 2. The largest absolute Gasteiger partial charge is 0.345 e. The molecular formula is C24H23N3O3. The monoisotopic (exact) mass is 401 g/mol. The predicted molar refractivity (Wildman–Crippen MR) is 115 cm³/mol. The van der Waals surface area contributed by atoms with Gasteiger partial charge in [0.25, 0.3) is 11.5 Å². The van der Waals surface area contributed by atoms with Crippen LogP contribution in [0.1, 0.15) is 40.4 Å². The summed E-state index contributed by atoms with van der Waals surface area (Å²) >= 11 is 0. The zero-order valence-electron chi connectivity index (χ0n) is 16.5. The summed E-state index contributed by atoms with van der Waals surface area (Å²) in [4.78, 5) is 42.6. The molecule has 1 aliphatic heterocycles. The van der Waals surface area contributed by atoms with E-state index in [0.717, 1.165) is 24.0 Å². The number of aryl methyl sites for hydroxylation is 1. The highest BCUT2D eigenvalue weighted by Crippen LogP contribution is 2.26. The molecule has 4 rings (SSSR count). The topological polar surface area (TPSA) is 82.3 Å². The van der Waals surface area contributed by atoms with Crippen LogP contribution in [0.2, 0.25) is 0 Å². The molecule has 0 radical (unpaired) electrons. The molecule has 1 aliphatic rings. The first-order valence-corrected chi connectivity index (χ1v) is 10.1. The molecule has 152 valence electrons. The van der Waals surface area contributed by atoms with Gasteiger partial charge in [-0.15, -0.1) is 0 Å². The second-order valence-electron chi connectivity index (χ2n) is 7.34. The van der Waals surface area contributed by atoms with Gasteiger partial charge in [0.2, 0.25) is 5.91 Å². The summed E-state index contributed by atoms with van der Waals surface area (Å²) < 4.78 is 0. The number of benzene rings is 2. The van der Waals surface area contributed by atoms with Crippen molar-refractivity contribution >= 4 is 17.5 Å². The SMILES string of the molecule is O=C(N[C@@H](CC(=O)N1CCCc2cc[nH]c(=O)c21)c1ccccc1)c1ccccc1. The fourth-order valence-corrected chi connectivity index (χ4v) is 3.85. The van der Waals surface area contributed by atoms with Gasteiger partial charge in [-0.2, -0.15) is 0 Å². The standard InChI is InChI=1S/C24H23N3O3/c28-21(27-15-7-12-18-13-14-25-24(30)22(18)27)16-20(17-8-3-1-4-9-17)26-23(29)19-10-5-2-6-11-19/h1-6,8-11,13-14,20H,7,12,15-16H2,(H,25,30)(H,26,29)/t20-/m0/s1. The van der Waals surface area contributed by atoms with Crippen LogP contribution in [0, 0.1) is 0 Å². The minimum Gasteiger partial charge on any atom is -0.345 e. The maximum atomic E-state index is 13.2. The van der Waals surface area contributed by atoms with Crippen molar-refractivity contribution in [1.29, 1.82) is 0 Å². The number of H-pyrrole nitrogens is 1. The highest BCUT2D eigenvalue weighted by molar-refractivity contribution is 5.97. The number of rotatable bonds is 5. The minimum atomic E-state index is -0.500. The lowest BCUT2D eigenvalue weighted by Gasteiger charge is -2.30. The molecule has 0 spiro atoms. The van der Waals surface area contributed by atoms with Gasteiger partial charge in [-0.25, -0.2) is 0 Å². The number of hydrogen-bond donors (Lipinski definition) is 2. The maximum Gasteiger partial charge on any atom is 0.272 e. The summed E-state index contributed by atoms with van der Waals surface area (Å²) in [5, 5.41) is 2.99. The first-order chi connectivity index (χ1) is 14.6. The van der Waals surface area contributed by atoms with E-state index in [1.807, 2.05) is 42.5 Å². The lowest BCUT2D eigenvalue weighted by Crippen LogP contribution is -2.41. The molecular weight excluding hydrogens is 378 g/mol. The second-order valence-corrected chi connectivity index (χ2v) is 7.34. The molecule has 0 saturated carbocycles. The molecule has 0 unspecified atom stereocenters. The molecule has 6 heteroatoms. The van der Waals surface area contributed by atoms with Crippen molar-refractivity contribution in [2.45, 2.75) is 25.3 Å². The Hall–Kier alpha value is -3.67. The molecule has 0 fully saturated rings. The van der Waals surface area contributed by atoms with Crippen LogP contribution in [-0.4, -0.2) is 23.3 Å². The number of nitrogens with zero attached hydrogens (tertiary/aromatic N) is 1. The van der Waals surface area contributed by atoms with Crippen molar-refractivity contribution in [2.75, 3.05) is 11.4 Å². The summed E-state index contributed by atoms with van der Waals surface area (Å²) in [6.45, 7) is 0.493. The molecule has 1 atom stereocenters. The smallest absolute Gasteiger partial charge is 0.272 e. The third-order valence-corrected chi connectivity index (χ3v) is 5.34. The molecule has 1 aromatic heterocycles. The molecule has 2 heterocycles. The Labute approximate surface area is 174 Å². The Morgan fingerprint density at radius 3 is 2.43 bits per heavy atom. The van der Waals surface area contributed by atoms with Gasteiger partial charge in [-0.3, -0.25) is 14.4 Å². The van der Waals surface area contributed by atoms with Gasteiger partial charge in [0, 0.05) is 18.3 Å². The number of amides is 2. The summed E-state index contributed by atoms with van der Waals surface area (Å²) in [5.74, 6) is -0.427. The third kappa shape index (κ3) is 4.17. The molecule has 3 aromatic rings. The number of pyridine rings is 1. The first kappa shape index (κ1) is 19.6. The fraction of sp³-hybridized carbons (Fsp3) is 0.208. The number of anilines is 1. The molecule has 0 aliphatic carbocycles. The van der Waals surface area contributed by atoms with E-state index < -0.39 is 6.04 Å². The Bertz CT molecular complexity index is 1090. The Balaban J connectivity index is 1.59. The summed E-state index contributed by atoms with van der Waals surface area (Å²) in [6.07, 6.45) is 3.25. The van der Waals surface area contributed by atoms with E-state index in [-0.39, 0.29) is 23.8 Å². The Kier molecular flexibility index (Phi) is 5.75. The highest BCUT2D eigenvalue weighted by Gasteiger charge is 2.28. The van der Waals surface area contributed by atoms with Gasteiger partial charge < -0.3 is 15.2 Å². The number of fused-ring (bicyclic) bond motifs is 1. The van der Waals surface area contributed by atoms with E-state index in [1.54, 1.807) is 35.4 Å². The predicted octanol–water partition coefficient (Wildman–Crippen LogP) is 3.22. The van der Waals surface area contributed by atoms with Crippen molar-refractivity contribution in [3.63, 3.8) is 0 Å². The van der Waals surface area contributed by atoms with Gasteiger partial charge in [-0.1, -0.05) is 48.5 Å². The van der Waals surface area contributed by atoms with Gasteiger partial charge in [0.15, 0.2) is 0 Å². The van der Waals surface area contributed by atoms with Crippen molar-refractivity contribution in [3.8, 4) is 0 Å². The van der Waals surface area contributed by atoms with E-state index in [9.17, 15) is 14.4 Å². The Morgan fingerprint density at radius 2 is 1.70 bits per heavy atom. The van der Waals surface area contributed by atoms with Crippen LogP contribution in [0.25, 0.3) is 0 Å². The van der Waals surface area contributed by atoms with E-state index in [1.165, 1.54) is 0 Å². The zero-order valence-corrected chi connectivity index (χ0v) is 16.5. The minimum absolute atomic E-state index is 0.0658. The van der Waals surface area contributed by atoms with E-state index >= 15 is 0 Å². The quantitative estimate of drug-likeness (QED) is 0.689. The number of hydrogen-bond acceptors (Lipinski definition) is 3. The average Bonchev–Trinajstić information content (AvgIpc) is 2.79. The van der Waals surface area contributed by atoms with E-state index in [4.69, 9.17) is 0 Å². The van der Waals surface area contributed by atoms with Crippen molar-refractivity contribution in [3.05, 3.63) is 100.0 Å². The molecule has 6 nitrogen and oxygen atoms in total. The zero-order chi connectivity index (χ0) is 20.9. The van der Waals surface area contributed by atoms with Crippen LogP contribution in [0.5, 0.6) is 0 Å². The van der Waals surface area contributed by atoms with Gasteiger partial charge >= 0.3 is 0 Å². The lowest BCUT2D eigenvalue weighted by molar-refractivity contribution is -0.119. The van der Waals surface area contributed by atoms with Crippen molar-refractivity contribution in [2.24, 2.45) is 0 Å². The number of carbonyl (C=O) groups excluding carboxylic acids is 2. The van der Waals surface area contributed by atoms with Crippen molar-refractivity contribution in [1.82, 2.24) is 10.3 Å². The lowest BCUT2D eigenvalue weighted by atomic mass is 9.99. The molecule has 30 heavy (non-hydrogen) atoms. The van der Waals surface area contributed by atoms with Crippen LogP contribution < -0.4 is 15.8 Å². The molecule has 2 amide bonds. The Morgan fingerprint density at radius 1 is 1.00 bits per heavy atom. The second kappa shape index (κ2) is 8.78. The summed E-state index contributed by atoms with van der Waals surface area (Å²) in [7, 11) is 0. The number of aromatic nitrogens is 1. The third-order valence-electron chi connectivity index (χ3n) is 5.34. The van der Waals surface area contributed by atoms with Crippen LogP contribution in [0.15, 0.2) is 77.7 Å². The van der Waals surface area contributed by atoms with Crippen LogP contribution >= 0.6 is 0 Å². The van der Waals surface area contributed by atoms with Gasteiger partial charge in [0.1, 0.15) is 5.69 Å². The molecule has 0 bridgehead atoms. The molecule has 2 aromatic carbocycles. The van der Waals surface area contributed by atoms with Crippen LogP contribution in [0.4, 0.5) is 5.69 Å². The number of aromatic amines is 1. The highest BCUT2D eigenvalue weighted by atomic mass is 16.2. The van der Waals surface area contributed by atoms with E-state index in [0.29, 0.717) is 17.8 Å². The van der Waals surface area contributed by atoms with Crippen LogP contribution in [-0.2, 0) is 11.2 Å². The fourth-order valence-electron chi connectivity index (χ4n) is 3.85. The van der Waals surface area contributed by atoms with Crippen LogP contribution in [0.3, 0.4) is 0 Å². The van der Waals surface area contributed by atoms with Crippen molar-refractivity contribution < 1.29 is 9.59 Å². The molecule has 0 saturated heterocycles. The van der Waals surface area contributed by atoms with E-state index in [2.05, 4.69) is 10.3 Å². The first-order valence-electron chi connectivity index (χ1n) is 10.1.